The zero-order chi connectivity index (χ0) is 40.9. The largest absolute Gasteiger partial charge is 0.488 e. The standard InChI is InChI=1S/C48H73ClO8/c1-5-9-13-17-19-27-45(50)56-39(34-52-31-23-15-11-7-3)36-54-47-41-25-21-22-26-42(41)48(44-33-38(49)29-30-43(44)47)55-37-40(35-53-32-24-16-12-8-4)57-46(51)28-20-18-14-10-6-2/h21-22,25-26,29-30,33,39-40H,5-20,23-24,27-28,31-32,34-37H2,1-4H3. The SMILES string of the molecule is CCCCCCCC(=O)OC(COCCCCCC)COc1c2ccccc2c(OCC(COCCCCCC)OC(=O)CCCCCCC)c2cc(Cl)ccc12. The summed E-state index contributed by atoms with van der Waals surface area (Å²) < 4.78 is 37.3. The van der Waals surface area contributed by atoms with Crippen molar-refractivity contribution in [3.63, 3.8) is 0 Å². The maximum absolute atomic E-state index is 13.0. The van der Waals surface area contributed by atoms with E-state index in [0.29, 0.717) is 42.6 Å². The lowest BCUT2D eigenvalue weighted by atomic mass is 10.0. The quantitative estimate of drug-likeness (QED) is 0.0335. The fraction of sp³-hybridized carbons (Fsp3) is 0.667. The first kappa shape index (κ1) is 48.3. The molecule has 0 aromatic heterocycles. The van der Waals surface area contributed by atoms with E-state index in [1.165, 1.54) is 25.7 Å². The van der Waals surface area contributed by atoms with Crippen molar-refractivity contribution >= 4 is 45.1 Å². The van der Waals surface area contributed by atoms with Crippen molar-refractivity contribution in [2.45, 2.75) is 168 Å². The van der Waals surface area contributed by atoms with Gasteiger partial charge in [0, 0.05) is 52.6 Å². The minimum atomic E-state index is -0.577. The minimum Gasteiger partial charge on any atom is -0.488 e. The average Bonchev–Trinajstić information content (AvgIpc) is 3.21. The van der Waals surface area contributed by atoms with Crippen molar-refractivity contribution in [1.29, 1.82) is 0 Å². The molecule has 0 amide bonds. The van der Waals surface area contributed by atoms with Gasteiger partial charge in [0.2, 0.25) is 0 Å². The van der Waals surface area contributed by atoms with Crippen molar-refractivity contribution in [3.05, 3.63) is 47.5 Å². The number of ether oxygens (including phenoxy) is 6. The number of esters is 2. The van der Waals surface area contributed by atoms with Crippen LogP contribution in [0.4, 0.5) is 0 Å². The molecule has 2 atom stereocenters. The van der Waals surface area contributed by atoms with Gasteiger partial charge in [-0.3, -0.25) is 9.59 Å². The van der Waals surface area contributed by atoms with Gasteiger partial charge in [-0.15, -0.1) is 0 Å². The van der Waals surface area contributed by atoms with Crippen molar-refractivity contribution in [3.8, 4) is 11.5 Å². The zero-order valence-corrected chi connectivity index (χ0v) is 36.5. The highest BCUT2D eigenvalue weighted by atomic mass is 35.5. The van der Waals surface area contributed by atoms with Crippen LogP contribution in [0.5, 0.6) is 11.5 Å². The first-order chi connectivity index (χ1) is 27.9. The fourth-order valence-electron chi connectivity index (χ4n) is 6.89. The molecule has 57 heavy (non-hydrogen) atoms. The molecule has 0 aliphatic carbocycles. The summed E-state index contributed by atoms with van der Waals surface area (Å²) in [6.45, 7) is 10.7. The normalized spacial score (nSPS) is 12.5. The van der Waals surface area contributed by atoms with Gasteiger partial charge >= 0.3 is 11.9 Å². The molecule has 0 saturated heterocycles. The van der Waals surface area contributed by atoms with Gasteiger partial charge in [0.1, 0.15) is 24.7 Å². The molecular formula is C48H73ClO8. The molecule has 0 spiro atoms. The van der Waals surface area contributed by atoms with E-state index in [-0.39, 0.29) is 38.4 Å². The Balaban J connectivity index is 1.83. The van der Waals surface area contributed by atoms with Crippen LogP contribution in [0.15, 0.2) is 42.5 Å². The Morgan fingerprint density at radius 2 is 0.895 bits per heavy atom. The number of hydrogen-bond acceptors (Lipinski definition) is 8. The number of unbranched alkanes of at least 4 members (excludes halogenated alkanes) is 14. The van der Waals surface area contributed by atoms with Crippen molar-refractivity contribution in [2.75, 3.05) is 39.6 Å². The molecule has 0 aliphatic heterocycles. The van der Waals surface area contributed by atoms with Gasteiger partial charge in [0.15, 0.2) is 12.2 Å². The number of fused-ring (bicyclic) bond motifs is 2. The second-order valence-electron chi connectivity index (χ2n) is 15.3. The van der Waals surface area contributed by atoms with E-state index in [4.69, 9.17) is 40.0 Å². The molecule has 0 aliphatic rings. The van der Waals surface area contributed by atoms with Gasteiger partial charge in [-0.2, -0.15) is 0 Å². The van der Waals surface area contributed by atoms with Crippen LogP contribution < -0.4 is 9.47 Å². The highest BCUT2D eigenvalue weighted by molar-refractivity contribution is 6.31. The Kier molecular flexibility index (Phi) is 25.5. The molecule has 3 rings (SSSR count). The summed E-state index contributed by atoms with van der Waals surface area (Å²) in [6.07, 6.45) is 19.0. The molecule has 0 bridgehead atoms. The molecule has 2 unspecified atom stereocenters. The summed E-state index contributed by atoms with van der Waals surface area (Å²) in [7, 11) is 0. The van der Waals surface area contributed by atoms with Crippen molar-refractivity contribution < 1.29 is 38.0 Å². The van der Waals surface area contributed by atoms with Crippen LogP contribution in [0.1, 0.15) is 156 Å². The average molecular weight is 814 g/mol. The third-order valence-corrected chi connectivity index (χ3v) is 10.4. The lowest BCUT2D eigenvalue weighted by molar-refractivity contribution is -0.155. The smallest absolute Gasteiger partial charge is 0.306 e. The molecule has 0 fully saturated rings. The van der Waals surface area contributed by atoms with Crippen LogP contribution >= 0.6 is 11.6 Å². The summed E-state index contributed by atoms with van der Waals surface area (Å²) >= 11 is 6.62. The number of carbonyl (C=O) groups is 2. The van der Waals surface area contributed by atoms with Gasteiger partial charge in [0.05, 0.1) is 13.2 Å². The highest BCUT2D eigenvalue weighted by Crippen LogP contribution is 2.44. The van der Waals surface area contributed by atoms with E-state index in [2.05, 4.69) is 27.7 Å². The fourth-order valence-corrected chi connectivity index (χ4v) is 7.07. The van der Waals surface area contributed by atoms with Crippen molar-refractivity contribution in [1.82, 2.24) is 0 Å². The van der Waals surface area contributed by atoms with Gasteiger partial charge in [-0.05, 0) is 43.9 Å². The molecule has 8 nitrogen and oxygen atoms in total. The van der Waals surface area contributed by atoms with Crippen LogP contribution in [0, 0.1) is 0 Å². The maximum atomic E-state index is 13.0. The first-order valence-corrected chi connectivity index (χ1v) is 22.7. The molecule has 9 heteroatoms. The number of carbonyl (C=O) groups excluding carboxylic acids is 2. The summed E-state index contributed by atoms with van der Waals surface area (Å²) in [5.74, 6) is 0.819. The van der Waals surface area contributed by atoms with E-state index in [1.807, 2.05) is 42.5 Å². The Bertz CT molecular complexity index is 1540. The highest BCUT2D eigenvalue weighted by Gasteiger charge is 2.23. The topological polar surface area (TPSA) is 89.5 Å². The number of benzene rings is 3. The Morgan fingerprint density at radius 1 is 0.491 bits per heavy atom. The molecule has 3 aromatic rings. The van der Waals surface area contributed by atoms with Crippen LogP contribution in [0.3, 0.4) is 0 Å². The third-order valence-electron chi connectivity index (χ3n) is 10.2. The van der Waals surface area contributed by atoms with Gasteiger partial charge in [-0.25, -0.2) is 0 Å². The Morgan fingerprint density at radius 3 is 1.35 bits per heavy atom. The van der Waals surface area contributed by atoms with E-state index in [0.717, 1.165) is 111 Å². The van der Waals surface area contributed by atoms with Crippen molar-refractivity contribution in [2.24, 2.45) is 0 Å². The van der Waals surface area contributed by atoms with Crippen LogP contribution in [-0.2, 0) is 28.5 Å². The molecule has 0 heterocycles. The van der Waals surface area contributed by atoms with E-state index < -0.39 is 12.2 Å². The monoisotopic (exact) mass is 812 g/mol. The predicted octanol–water partition coefficient (Wildman–Crippen LogP) is 13.1. The second kappa shape index (κ2) is 30.0. The van der Waals surface area contributed by atoms with Crippen LogP contribution in [0.25, 0.3) is 21.5 Å². The van der Waals surface area contributed by atoms with Gasteiger partial charge in [-0.1, -0.05) is 153 Å². The Hall–Kier alpha value is -3.07. The van der Waals surface area contributed by atoms with E-state index in [9.17, 15) is 9.59 Å². The summed E-state index contributed by atoms with van der Waals surface area (Å²) in [6, 6.07) is 13.6. The lowest BCUT2D eigenvalue weighted by Crippen LogP contribution is -2.30. The minimum absolute atomic E-state index is 0.119. The summed E-state index contributed by atoms with van der Waals surface area (Å²) in [5.41, 5.74) is 0. The summed E-state index contributed by atoms with van der Waals surface area (Å²) in [5, 5.41) is 3.80. The van der Waals surface area contributed by atoms with E-state index in [1.54, 1.807) is 0 Å². The van der Waals surface area contributed by atoms with Crippen LogP contribution in [0.2, 0.25) is 5.02 Å². The summed E-state index contributed by atoms with van der Waals surface area (Å²) in [4.78, 5) is 26.0. The second-order valence-corrected chi connectivity index (χ2v) is 15.8. The molecular weight excluding hydrogens is 740 g/mol. The maximum Gasteiger partial charge on any atom is 0.306 e. The number of halogens is 1. The molecule has 3 aromatic carbocycles. The van der Waals surface area contributed by atoms with E-state index >= 15 is 0 Å². The lowest BCUT2D eigenvalue weighted by Gasteiger charge is -2.23. The molecule has 0 saturated carbocycles. The number of hydrogen-bond donors (Lipinski definition) is 0. The number of rotatable bonds is 34. The third kappa shape index (κ3) is 19.0. The van der Waals surface area contributed by atoms with Gasteiger partial charge < -0.3 is 28.4 Å². The molecule has 0 N–H and O–H groups in total. The van der Waals surface area contributed by atoms with Gasteiger partial charge in [0.25, 0.3) is 0 Å². The molecule has 320 valence electrons. The predicted molar refractivity (Wildman–Crippen MR) is 234 cm³/mol. The molecule has 0 radical (unpaired) electrons. The zero-order valence-electron chi connectivity index (χ0n) is 35.7. The van der Waals surface area contributed by atoms with Crippen LogP contribution in [-0.4, -0.2) is 63.8 Å². The first-order valence-electron chi connectivity index (χ1n) is 22.4. The Labute approximate surface area is 349 Å².